The van der Waals surface area contributed by atoms with Gasteiger partial charge in [-0.2, -0.15) is 0 Å². The van der Waals surface area contributed by atoms with E-state index in [0.717, 1.165) is 38.5 Å². The quantitative estimate of drug-likeness (QED) is 0.300. The van der Waals surface area contributed by atoms with Gasteiger partial charge in [0.1, 0.15) is 0 Å². The lowest BCUT2D eigenvalue weighted by molar-refractivity contribution is -0.132. The smallest absolute Gasteiger partial charge is 0.223 e. The maximum absolute atomic E-state index is 11.9. The van der Waals surface area contributed by atoms with Crippen LogP contribution in [0, 0.1) is 0 Å². The molecule has 0 aromatic heterocycles. The van der Waals surface area contributed by atoms with Crippen molar-refractivity contribution in [3.63, 3.8) is 0 Å². The van der Waals surface area contributed by atoms with Crippen LogP contribution in [0.5, 0.6) is 0 Å². The molecule has 168 valence electrons. The molecule has 0 aliphatic carbocycles. The van der Waals surface area contributed by atoms with E-state index >= 15 is 0 Å². The van der Waals surface area contributed by atoms with Crippen molar-refractivity contribution in [1.82, 2.24) is 4.90 Å². The summed E-state index contributed by atoms with van der Waals surface area (Å²) in [5, 5.41) is 17.9. The zero-order valence-corrected chi connectivity index (χ0v) is 18.7. The van der Waals surface area contributed by atoms with Crippen molar-refractivity contribution in [2.75, 3.05) is 26.3 Å². The number of carbonyl (C=O) groups excluding carboxylic acids is 1. The predicted octanol–water partition coefficient (Wildman–Crippen LogP) is 5.28. The third-order valence-corrected chi connectivity index (χ3v) is 4.21. The molecule has 0 radical (unpaired) electrons. The highest BCUT2D eigenvalue weighted by Crippen LogP contribution is 2.01. The predicted molar refractivity (Wildman–Crippen MR) is 128 cm³/mol. The van der Waals surface area contributed by atoms with Gasteiger partial charge in [0.25, 0.3) is 0 Å². The SMILES string of the molecule is CC/C=C\C/C=C\C/C=C\C/C=C\C/C=C\C/C=C\CCC(=O)N(CCO)CCO. The first-order valence-corrected chi connectivity index (χ1v) is 11.2. The average Bonchev–Trinajstić information content (AvgIpc) is 2.75. The molecule has 0 bridgehead atoms. The van der Waals surface area contributed by atoms with E-state index in [4.69, 9.17) is 10.2 Å². The van der Waals surface area contributed by atoms with Crippen LogP contribution in [0.4, 0.5) is 0 Å². The summed E-state index contributed by atoms with van der Waals surface area (Å²) in [6.07, 6.45) is 32.8. The van der Waals surface area contributed by atoms with Gasteiger partial charge in [-0.15, -0.1) is 0 Å². The van der Waals surface area contributed by atoms with Gasteiger partial charge >= 0.3 is 0 Å². The van der Waals surface area contributed by atoms with Crippen LogP contribution in [0.1, 0.15) is 58.3 Å². The first-order valence-electron chi connectivity index (χ1n) is 11.2. The highest BCUT2D eigenvalue weighted by Gasteiger charge is 2.10. The second kappa shape index (κ2) is 23.1. The van der Waals surface area contributed by atoms with Gasteiger partial charge in [0.2, 0.25) is 5.91 Å². The maximum Gasteiger partial charge on any atom is 0.223 e. The summed E-state index contributed by atoms with van der Waals surface area (Å²) in [5.74, 6) is -0.0300. The average molecular weight is 416 g/mol. The number of aliphatic hydroxyl groups is 2. The van der Waals surface area contributed by atoms with Gasteiger partial charge in [0.05, 0.1) is 13.2 Å². The summed E-state index contributed by atoms with van der Waals surface area (Å²) in [5.41, 5.74) is 0. The Morgan fingerprint density at radius 3 is 1.37 bits per heavy atom. The minimum Gasteiger partial charge on any atom is -0.395 e. The maximum atomic E-state index is 11.9. The molecular formula is C26H41NO3. The Hall–Kier alpha value is -2.17. The molecule has 0 unspecified atom stereocenters. The first kappa shape index (κ1) is 27.8. The molecule has 0 rings (SSSR count). The molecule has 0 aromatic carbocycles. The van der Waals surface area contributed by atoms with E-state index < -0.39 is 0 Å². The topological polar surface area (TPSA) is 60.8 Å². The van der Waals surface area contributed by atoms with Crippen LogP contribution in [0.25, 0.3) is 0 Å². The summed E-state index contributed by atoms with van der Waals surface area (Å²) in [6, 6.07) is 0. The number of amides is 1. The van der Waals surface area contributed by atoms with Crippen molar-refractivity contribution in [3.05, 3.63) is 72.9 Å². The van der Waals surface area contributed by atoms with Crippen molar-refractivity contribution in [3.8, 4) is 0 Å². The van der Waals surface area contributed by atoms with Gasteiger partial charge in [0, 0.05) is 19.5 Å². The van der Waals surface area contributed by atoms with Crippen LogP contribution in [0.3, 0.4) is 0 Å². The molecule has 0 spiro atoms. The summed E-state index contributed by atoms with van der Waals surface area (Å²) in [7, 11) is 0. The molecule has 0 atom stereocenters. The van der Waals surface area contributed by atoms with Crippen molar-refractivity contribution in [2.24, 2.45) is 0 Å². The Balaban J connectivity index is 3.72. The Morgan fingerprint density at radius 2 is 1.00 bits per heavy atom. The van der Waals surface area contributed by atoms with E-state index in [1.54, 1.807) is 0 Å². The molecule has 0 aliphatic rings. The standard InChI is InChI=1S/C26H41NO3/c1-2-3-4-5-6-7-8-9-10-11-12-13-14-15-16-17-18-19-20-21-26(30)27(22-24-28)23-25-29/h3-4,6-7,9-10,12-13,15-16,18-19,28-29H,2,5,8,11,14,17,20-25H2,1H3/b4-3-,7-6-,10-9-,13-12-,16-15-,19-18-. The molecule has 0 aliphatic heterocycles. The number of carbonyl (C=O) groups is 1. The fourth-order valence-electron chi connectivity index (χ4n) is 2.61. The van der Waals surface area contributed by atoms with Gasteiger partial charge < -0.3 is 15.1 Å². The molecule has 0 aromatic rings. The number of allylic oxidation sites excluding steroid dienone is 12. The lowest BCUT2D eigenvalue weighted by Crippen LogP contribution is -2.35. The van der Waals surface area contributed by atoms with E-state index in [2.05, 4.69) is 73.8 Å². The van der Waals surface area contributed by atoms with E-state index in [0.29, 0.717) is 12.8 Å². The zero-order chi connectivity index (χ0) is 22.1. The third-order valence-electron chi connectivity index (χ3n) is 4.21. The number of aliphatic hydroxyl groups excluding tert-OH is 2. The normalized spacial score (nSPS) is 12.8. The second-order valence-corrected chi connectivity index (χ2v) is 6.78. The number of rotatable bonds is 18. The van der Waals surface area contributed by atoms with Crippen molar-refractivity contribution in [1.29, 1.82) is 0 Å². The summed E-state index contributed by atoms with van der Waals surface area (Å²) in [4.78, 5) is 13.4. The van der Waals surface area contributed by atoms with Crippen molar-refractivity contribution >= 4 is 5.91 Å². The second-order valence-electron chi connectivity index (χ2n) is 6.78. The van der Waals surface area contributed by atoms with Crippen molar-refractivity contribution in [2.45, 2.75) is 58.3 Å². The summed E-state index contributed by atoms with van der Waals surface area (Å²) in [6.45, 7) is 2.55. The molecule has 0 saturated heterocycles. The summed E-state index contributed by atoms with van der Waals surface area (Å²) >= 11 is 0. The molecule has 4 nitrogen and oxygen atoms in total. The molecule has 4 heteroatoms. The van der Waals surface area contributed by atoms with Crippen LogP contribution in [0.15, 0.2) is 72.9 Å². The molecule has 0 heterocycles. The lowest BCUT2D eigenvalue weighted by atomic mass is 10.2. The van der Waals surface area contributed by atoms with Gasteiger partial charge in [-0.3, -0.25) is 4.79 Å². The fourth-order valence-corrected chi connectivity index (χ4v) is 2.61. The van der Waals surface area contributed by atoms with E-state index in [1.165, 1.54) is 4.90 Å². The fraction of sp³-hybridized carbons (Fsp3) is 0.500. The van der Waals surface area contributed by atoms with E-state index in [1.807, 2.05) is 6.08 Å². The molecule has 1 amide bonds. The highest BCUT2D eigenvalue weighted by molar-refractivity contribution is 5.76. The zero-order valence-electron chi connectivity index (χ0n) is 18.7. The monoisotopic (exact) mass is 415 g/mol. The Bertz CT molecular complexity index is 565. The summed E-state index contributed by atoms with van der Waals surface area (Å²) < 4.78 is 0. The molecular weight excluding hydrogens is 374 g/mol. The molecule has 0 fully saturated rings. The van der Waals surface area contributed by atoms with Gasteiger partial charge in [-0.05, 0) is 44.9 Å². The van der Waals surface area contributed by atoms with E-state index in [-0.39, 0.29) is 32.2 Å². The van der Waals surface area contributed by atoms with Crippen LogP contribution in [-0.2, 0) is 4.79 Å². The minimum atomic E-state index is -0.0777. The van der Waals surface area contributed by atoms with Crippen LogP contribution in [-0.4, -0.2) is 47.3 Å². The molecule has 2 N–H and O–H groups in total. The van der Waals surface area contributed by atoms with Crippen LogP contribution < -0.4 is 0 Å². The highest BCUT2D eigenvalue weighted by atomic mass is 16.3. The third kappa shape index (κ3) is 19.2. The van der Waals surface area contributed by atoms with Crippen molar-refractivity contribution < 1.29 is 15.0 Å². The van der Waals surface area contributed by atoms with E-state index in [9.17, 15) is 4.79 Å². The minimum absolute atomic E-state index is 0.0300. The largest absolute Gasteiger partial charge is 0.395 e. The number of hydrogen-bond donors (Lipinski definition) is 2. The van der Waals surface area contributed by atoms with Gasteiger partial charge in [0.15, 0.2) is 0 Å². The van der Waals surface area contributed by atoms with Crippen LogP contribution >= 0.6 is 0 Å². The number of nitrogens with zero attached hydrogens (tertiary/aromatic N) is 1. The number of hydrogen-bond acceptors (Lipinski definition) is 3. The van der Waals surface area contributed by atoms with Crippen LogP contribution in [0.2, 0.25) is 0 Å². The Morgan fingerprint density at radius 1 is 0.633 bits per heavy atom. The van der Waals surface area contributed by atoms with Gasteiger partial charge in [-0.1, -0.05) is 79.8 Å². The first-order chi connectivity index (χ1) is 14.8. The molecule has 0 saturated carbocycles. The Labute approximate surface area is 183 Å². The lowest BCUT2D eigenvalue weighted by Gasteiger charge is -2.20. The van der Waals surface area contributed by atoms with Gasteiger partial charge in [-0.25, -0.2) is 0 Å². The Kier molecular flexibility index (Phi) is 21.4. The molecule has 30 heavy (non-hydrogen) atoms.